The second-order valence-electron chi connectivity index (χ2n) is 4.29. The third-order valence-electron chi connectivity index (χ3n) is 2.74. The molecule has 0 radical (unpaired) electrons. The minimum atomic E-state index is -1.24. The molecule has 0 saturated heterocycles. The number of hydrogen-bond acceptors (Lipinski definition) is 3. The van der Waals surface area contributed by atoms with E-state index in [4.69, 9.17) is 0 Å². The van der Waals surface area contributed by atoms with Crippen molar-refractivity contribution < 1.29 is 14.7 Å². The summed E-state index contributed by atoms with van der Waals surface area (Å²) in [6, 6.07) is 11.7. The number of hydrogen-bond donors (Lipinski definition) is 1. The number of carbonyl (C=O) groups excluding carboxylic acids is 1. The van der Waals surface area contributed by atoms with E-state index in [1.165, 1.54) is 6.08 Å². The number of aryl methyl sites for hydroxylation is 1. The average molecular weight is 267 g/mol. The first kappa shape index (κ1) is 13.7. The molecule has 0 unspecified atom stereocenters. The van der Waals surface area contributed by atoms with E-state index in [1.807, 2.05) is 0 Å². The van der Waals surface area contributed by atoms with Crippen LogP contribution in [0, 0.1) is 6.92 Å². The molecule has 2 aromatic rings. The van der Waals surface area contributed by atoms with E-state index in [9.17, 15) is 14.7 Å². The van der Waals surface area contributed by atoms with Crippen LogP contribution in [-0.2, 0) is 4.79 Å². The molecule has 20 heavy (non-hydrogen) atoms. The van der Waals surface area contributed by atoms with Gasteiger partial charge in [0, 0.05) is 17.5 Å². The quantitative estimate of drug-likeness (QED) is 0.400. The van der Waals surface area contributed by atoms with Gasteiger partial charge in [-0.25, -0.2) is 4.79 Å². The van der Waals surface area contributed by atoms with E-state index in [0.717, 1.165) is 5.69 Å². The molecule has 0 aliphatic rings. The highest BCUT2D eigenvalue weighted by molar-refractivity contribution is 6.26. The summed E-state index contributed by atoms with van der Waals surface area (Å²) in [5, 5.41) is 9.23. The Kier molecular flexibility index (Phi) is 4.05. The van der Waals surface area contributed by atoms with Gasteiger partial charge in [-0.15, -0.1) is 0 Å². The largest absolute Gasteiger partial charge is 0.478 e. The summed E-state index contributed by atoms with van der Waals surface area (Å²) in [6.45, 7) is 1.80. The highest BCUT2D eigenvalue weighted by Gasteiger charge is 2.18. The van der Waals surface area contributed by atoms with Gasteiger partial charge in [0.2, 0.25) is 0 Å². The number of ketones is 1. The average Bonchev–Trinajstić information content (AvgIpc) is 2.45. The van der Waals surface area contributed by atoms with Crippen LogP contribution in [0.5, 0.6) is 0 Å². The van der Waals surface area contributed by atoms with Crippen molar-refractivity contribution in [1.29, 1.82) is 0 Å². The number of benzene rings is 1. The number of aliphatic carboxylic acids is 1. The van der Waals surface area contributed by atoms with Crippen LogP contribution in [-0.4, -0.2) is 21.8 Å². The normalized spacial score (nSPS) is 11.2. The molecule has 0 aliphatic heterocycles. The molecule has 4 heteroatoms. The van der Waals surface area contributed by atoms with E-state index >= 15 is 0 Å². The molecule has 100 valence electrons. The minimum absolute atomic E-state index is 0.262. The number of nitrogens with zero attached hydrogens (tertiary/aromatic N) is 1. The van der Waals surface area contributed by atoms with Gasteiger partial charge in [-0.2, -0.15) is 0 Å². The Balaban J connectivity index is 2.42. The summed E-state index contributed by atoms with van der Waals surface area (Å²) >= 11 is 0. The molecule has 0 fully saturated rings. The Hall–Kier alpha value is -2.75. The first-order valence-electron chi connectivity index (χ1n) is 6.05. The molecule has 1 N–H and O–H groups in total. The Morgan fingerprint density at radius 3 is 2.45 bits per heavy atom. The van der Waals surface area contributed by atoms with Gasteiger partial charge in [0.1, 0.15) is 5.57 Å². The zero-order valence-electron chi connectivity index (χ0n) is 10.9. The van der Waals surface area contributed by atoms with Crippen molar-refractivity contribution in [2.75, 3.05) is 0 Å². The van der Waals surface area contributed by atoms with Gasteiger partial charge < -0.3 is 5.11 Å². The molecule has 1 aromatic carbocycles. The maximum atomic E-state index is 12.2. The van der Waals surface area contributed by atoms with E-state index in [2.05, 4.69) is 4.98 Å². The van der Waals surface area contributed by atoms with Crippen LogP contribution in [0.1, 0.15) is 21.6 Å². The third kappa shape index (κ3) is 3.17. The molecule has 0 aliphatic carbocycles. The van der Waals surface area contributed by atoms with Crippen LogP contribution in [0.4, 0.5) is 0 Å². The van der Waals surface area contributed by atoms with Crippen molar-refractivity contribution in [3.8, 4) is 0 Å². The van der Waals surface area contributed by atoms with Crippen LogP contribution in [0.15, 0.2) is 54.2 Å². The number of carboxylic acids is 1. The van der Waals surface area contributed by atoms with Gasteiger partial charge in [-0.05, 0) is 30.7 Å². The molecule has 0 bridgehead atoms. The fourth-order valence-electron chi connectivity index (χ4n) is 1.79. The molecule has 0 amide bonds. The number of carboxylic acid groups (broad SMARTS) is 1. The van der Waals surface area contributed by atoms with Gasteiger partial charge in [0.05, 0.1) is 0 Å². The number of rotatable bonds is 4. The van der Waals surface area contributed by atoms with Crippen LogP contribution >= 0.6 is 0 Å². The van der Waals surface area contributed by atoms with Crippen LogP contribution in [0.3, 0.4) is 0 Å². The van der Waals surface area contributed by atoms with Gasteiger partial charge >= 0.3 is 5.97 Å². The van der Waals surface area contributed by atoms with Crippen molar-refractivity contribution in [3.05, 3.63) is 71.1 Å². The minimum Gasteiger partial charge on any atom is -0.478 e. The van der Waals surface area contributed by atoms with Crippen molar-refractivity contribution in [2.45, 2.75) is 6.92 Å². The van der Waals surface area contributed by atoms with Crippen LogP contribution in [0.2, 0.25) is 0 Å². The second-order valence-corrected chi connectivity index (χ2v) is 4.29. The summed E-state index contributed by atoms with van der Waals surface area (Å²) in [5.74, 6) is -1.75. The molecule has 0 spiro atoms. The van der Waals surface area contributed by atoms with Crippen LogP contribution in [0.25, 0.3) is 6.08 Å². The molecular formula is C16H13NO3. The maximum Gasteiger partial charge on any atom is 0.339 e. The zero-order chi connectivity index (χ0) is 14.5. The van der Waals surface area contributed by atoms with Gasteiger partial charge in [0.15, 0.2) is 5.78 Å². The van der Waals surface area contributed by atoms with E-state index in [0.29, 0.717) is 11.1 Å². The number of Topliss-reactive ketones (excluding diaryl/α,β-unsaturated/α-hetero) is 1. The monoisotopic (exact) mass is 267 g/mol. The number of aromatic nitrogens is 1. The lowest BCUT2D eigenvalue weighted by molar-refractivity contribution is -0.132. The highest BCUT2D eigenvalue weighted by Crippen LogP contribution is 2.13. The summed E-state index contributed by atoms with van der Waals surface area (Å²) in [7, 11) is 0. The lowest BCUT2D eigenvalue weighted by atomic mass is 10.0. The zero-order valence-corrected chi connectivity index (χ0v) is 10.9. The van der Waals surface area contributed by atoms with E-state index in [1.54, 1.807) is 55.6 Å². The summed E-state index contributed by atoms with van der Waals surface area (Å²) < 4.78 is 0. The smallest absolute Gasteiger partial charge is 0.339 e. The Morgan fingerprint density at radius 1 is 1.15 bits per heavy atom. The summed E-state index contributed by atoms with van der Waals surface area (Å²) in [6.07, 6.45) is 2.94. The molecule has 0 saturated carbocycles. The van der Waals surface area contributed by atoms with Gasteiger partial charge in [-0.3, -0.25) is 9.78 Å². The molecule has 1 aromatic heterocycles. The lowest BCUT2D eigenvalue weighted by Gasteiger charge is -2.03. The highest BCUT2D eigenvalue weighted by atomic mass is 16.4. The first-order chi connectivity index (χ1) is 9.58. The van der Waals surface area contributed by atoms with Crippen molar-refractivity contribution in [1.82, 2.24) is 4.98 Å². The second kappa shape index (κ2) is 5.93. The fraction of sp³-hybridized carbons (Fsp3) is 0.0625. The molecule has 1 heterocycles. The first-order valence-corrected chi connectivity index (χ1v) is 6.05. The van der Waals surface area contributed by atoms with Gasteiger partial charge in [-0.1, -0.05) is 30.3 Å². The summed E-state index contributed by atoms with van der Waals surface area (Å²) in [4.78, 5) is 27.5. The Bertz CT molecular complexity index is 675. The van der Waals surface area contributed by atoms with Crippen molar-refractivity contribution in [3.63, 3.8) is 0 Å². The van der Waals surface area contributed by atoms with E-state index < -0.39 is 11.8 Å². The maximum absolute atomic E-state index is 12.2. The third-order valence-corrected chi connectivity index (χ3v) is 2.74. The molecule has 4 nitrogen and oxygen atoms in total. The predicted octanol–water partition coefficient (Wildman–Crippen LogP) is 2.74. The Morgan fingerprint density at radius 2 is 1.85 bits per heavy atom. The molecular weight excluding hydrogens is 254 g/mol. The predicted molar refractivity (Wildman–Crippen MR) is 75.4 cm³/mol. The standard InChI is InChI=1S/C16H13NO3/c1-11-9-12(7-8-17-11)10-14(16(19)20)15(18)13-5-3-2-4-6-13/h2-10H,1H3,(H,19,20). The topological polar surface area (TPSA) is 67.3 Å². The SMILES string of the molecule is Cc1cc(C=C(C(=O)O)C(=O)c2ccccc2)ccn1. The molecule has 2 rings (SSSR count). The van der Waals surface area contributed by atoms with Crippen LogP contribution < -0.4 is 0 Å². The molecule has 0 atom stereocenters. The number of pyridine rings is 1. The fourth-order valence-corrected chi connectivity index (χ4v) is 1.79. The van der Waals surface area contributed by atoms with E-state index in [-0.39, 0.29) is 5.57 Å². The van der Waals surface area contributed by atoms with Crippen molar-refractivity contribution >= 4 is 17.8 Å². The van der Waals surface area contributed by atoms with Crippen molar-refractivity contribution in [2.24, 2.45) is 0 Å². The number of carbonyl (C=O) groups is 2. The summed E-state index contributed by atoms with van der Waals surface area (Å²) in [5.41, 5.74) is 1.49. The Labute approximate surface area is 116 Å². The van der Waals surface area contributed by atoms with Gasteiger partial charge in [0.25, 0.3) is 0 Å². The lowest BCUT2D eigenvalue weighted by Crippen LogP contribution is -2.12.